The lowest BCUT2D eigenvalue weighted by molar-refractivity contribution is -0.124. The van der Waals surface area contributed by atoms with Crippen molar-refractivity contribution in [1.29, 1.82) is 0 Å². The molecule has 1 atom stereocenters. The molecule has 2 aromatic carbocycles. The molecule has 30 heavy (non-hydrogen) atoms. The normalized spacial score (nSPS) is 15.4. The van der Waals surface area contributed by atoms with E-state index in [0.717, 1.165) is 6.42 Å². The van der Waals surface area contributed by atoms with Crippen LogP contribution in [0.1, 0.15) is 33.6 Å². The molecule has 7 nitrogen and oxygen atoms in total. The fraction of sp³-hybridized carbons (Fsp3) is 0.261. The van der Waals surface area contributed by atoms with Gasteiger partial charge >= 0.3 is 0 Å². The van der Waals surface area contributed by atoms with Gasteiger partial charge in [-0.3, -0.25) is 14.4 Å². The summed E-state index contributed by atoms with van der Waals surface area (Å²) in [7, 11) is 1.57. The number of hydrogen-bond acceptors (Lipinski definition) is 4. The van der Waals surface area contributed by atoms with Gasteiger partial charge in [0.25, 0.3) is 11.8 Å². The van der Waals surface area contributed by atoms with Crippen molar-refractivity contribution in [3.8, 4) is 5.75 Å². The molecule has 0 aromatic heterocycles. The highest BCUT2D eigenvalue weighted by Gasteiger charge is 2.34. The zero-order valence-electron chi connectivity index (χ0n) is 16.9. The summed E-state index contributed by atoms with van der Waals surface area (Å²) in [5, 5.41) is 5.56. The van der Waals surface area contributed by atoms with Crippen LogP contribution in [0.5, 0.6) is 5.75 Å². The van der Waals surface area contributed by atoms with Crippen molar-refractivity contribution >= 4 is 23.4 Å². The van der Waals surface area contributed by atoms with Gasteiger partial charge in [-0.15, -0.1) is 6.58 Å². The molecule has 1 aliphatic rings. The molecule has 2 N–H and O–H groups in total. The highest BCUT2D eigenvalue weighted by atomic mass is 16.5. The van der Waals surface area contributed by atoms with Gasteiger partial charge in [0.2, 0.25) is 5.91 Å². The molecule has 0 bridgehead atoms. The molecule has 3 amide bonds. The number of rotatable bonds is 7. The molecule has 1 unspecified atom stereocenters. The molecule has 7 heteroatoms. The van der Waals surface area contributed by atoms with E-state index in [2.05, 4.69) is 17.2 Å². The first-order valence-electron chi connectivity index (χ1n) is 9.78. The van der Waals surface area contributed by atoms with Crippen LogP contribution in [0.2, 0.25) is 0 Å². The Hall–Kier alpha value is -3.61. The highest BCUT2D eigenvalue weighted by molar-refractivity contribution is 6.04. The lowest BCUT2D eigenvalue weighted by atomic mass is 10.1. The van der Waals surface area contributed by atoms with Crippen LogP contribution in [0.4, 0.5) is 5.69 Å². The maximum Gasteiger partial charge on any atom is 0.255 e. The van der Waals surface area contributed by atoms with E-state index in [0.29, 0.717) is 42.1 Å². The van der Waals surface area contributed by atoms with Crippen LogP contribution >= 0.6 is 0 Å². The Kier molecular flexibility index (Phi) is 6.85. The average molecular weight is 407 g/mol. The first kappa shape index (κ1) is 21.1. The minimum absolute atomic E-state index is 0.163. The van der Waals surface area contributed by atoms with Crippen molar-refractivity contribution in [3.05, 3.63) is 72.3 Å². The van der Waals surface area contributed by atoms with Gasteiger partial charge in [0.05, 0.1) is 7.11 Å². The summed E-state index contributed by atoms with van der Waals surface area (Å²) in [6, 6.07) is 13.0. The fourth-order valence-electron chi connectivity index (χ4n) is 3.38. The van der Waals surface area contributed by atoms with Gasteiger partial charge in [-0.05, 0) is 61.4 Å². The summed E-state index contributed by atoms with van der Waals surface area (Å²) in [6.45, 7) is 4.50. The van der Waals surface area contributed by atoms with Gasteiger partial charge in [0.1, 0.15) is 11.8 Å². The van der Waals surface area contributed by atoms with Crippen LogP contribution < -0.4 is 15.4 Å². The summed E-state index contributed by atoms with van der Waals surface area (Å²) in [4.78, 5) is 39.1. The van der Waals surface area contributed by atoms with E-state index in [1.807, 2.05) is 0 Å². The molecule has 2 aromatic rings. The summed E-state index contributed by atoms with van der Waals surface area (Å²) in [5.74, 6) is 0.0615. The zero-order chi connectivity index (χ0) is 21.5. The van der Waals surface area contributed by atoms with Crippen molar-refractivity contribution in [1.82, 2.24) is 10.2 Å². The largest absolute Gasteiger partial charge is 0.497 e. The molecule has 0 aliphatic carbocycles. The molecule has 1 aliphatic heterocycles. The monoisotopic (exact) mass is 407 g/mol. The van der Waals surface area contributed by atoms with Gasteiger partial charge in [-0.25, -0.2) is 0 Å². The van der Waals surface area contributed by atoms with E-state index in [4.69, 9.17) is 4.74 Å². The van der Waals surface area contributed by atoms with Crippen molar-refractivity contribution in [2.45, 2.75) is 18.9 Å². The number of carbonyl (C=O) groups is 3. The lowest BCUT2D eigenvalue weighted by Gasteiger charge is -2.24. The van der Waals surface area contributed by atoms with E-state index >= 15 is 0 Å². The number of ether oxygens (including phenoxy) is 1. The Morgan fingerprint density at radius 3 is 2.40 bits per heavy atom. The first-order valence-corrected chi connectivity index (χ1v) is 9.78. The Balaban J connectivity index is 1.64. The minimum atomic E-state index is -0.466. The number of amides is 3. The summed E-state index contributed by atoms with van der Waals surface area (Å²) in [6.07, 6.45) is 3.04. The van der Waals surface area contributed by atoms with Crippen LogP contribution in [-0.4, -0.2) is 48.9 Å². The second-order valence-corrected chi connectivity index (χ2v) is 6.95. The number of carbonyl (C=O) groups excluding carboxylic acids is 3. The molecule has 3 rings (SSSR count). The SMILES string of the molecule is C=CCNC(=O)C1CCCN1C(=O)c1ccc(NC(=O)c2ccc(OC)cc2)cc1. The van der Waals surface area contributed by atoms with E-state index < -0.39 is 6.04 Å². The molecule has 0 radical (unpaired) electrons. The van der Waals surface area contributed by atoms with Crippen LogP contribution in [0.3, 0.4) is 0 Å². The Morgan fingerprint density at radius 2 is 1.77 bits per heavy atom. The molecule has 0 saturated carbocycles. The van der Waals surface area contributed by atoms with Gasteiger partial charge in [0, 0.05) is 29.9 Å². The number of methoxy groups -OCH3 is 1. The number of nitrogens with one attached hydrogen (secondary N) is 2. The minimum Gasteiger partial charge on any atom is -0.497 e. The third kappa shape index (κ3) is 4.86. The maximum atomic E-state index is 12.9. The van der Waals surface area contributed by atoms with Crippen molar-refractivity contribution in [3.63, 3.8) is 0 Å². The predicted octanol–water partition coefficient (Wildman–Crippen LogP) is 2.85. The van der Waals surface area contributed by atoms with Gasteiger partial charge in [0.15, 0.2) is 0 Å². The Bertz CT molecular complexity index is 922. The van der Waals surface area contributed by atoms with Gasteiger partial charge in [-0.2, -0.15) is 0 Å². The molecule has 0 spiro atoms. The van der Waals surface area contributed by atoms with Gasteiger partial charge in [-0.1, -0.05) is 6.08 Å². The molecule has 1 heterocycles. The van der Waals surface area contributed by atoms with E-state index in [1.54, 1.807) is 66.6 Å². The van der Waals surface area contributed by atoms with E-state index in [-0.39, 0.29) is 17.7 Å². The van der Waals surface area contributed by atoms with Crippen LogP contribution in [0.15, 0.2) is 61.2 Å². The summed E-state index contributed by atoms with van der Waals surface area (Å²) in [5.41, 5.74) is 1.55. The highest BCUT2D eigenvalue weighted by Crippen LogP contribution is 2.21. The van der Waals surface area contributed by atoms with E-state index in [9.17, 15) is 14.4 Å². The second kappa shape index (κ2) is 9.73. The second-order valence-electron chi connectivity index (χ2n) is 6.95. The average Bonchev–Trinajstić information content (AvgIpc) is 3.27. The predicted molar refractivity (Wildman–Crippen MR) is 115 cm³/mol. The summed E-state index contributed by atoms with van der Waals surface area (Å²) < 4.78 is 5.09. The topological polar surface area (TPSA) is 87.7 Å². The molecule has 1 fully saturated rings. The zero-order valence-corrected chi connectivity index (χ0v) is 16.9. The number of hydrogen-bond donors (Lipinski definition) is 2. The molecular formula is C23H25N3O4. The van der Waals surface area contributed by atoms with Crippen molar-refractivity contribution in [2.24, 2.45) is 0 Å². The number of likely N-dealkylation sites (tertiary alicyclic amines) is 1. The number of benzene rings is 2. The molecular weight excluding hydrogens is 382 g/mol. The van der Waals surface area contributed by atoms with Crippen LogP contribution in [0.25, 0.3) is 0 Å². The lowest BCUT2D eigenvalue weighted by Crippen LogP contribution is -2.46. The maximum absolute atomic E-state index is 12.9. The van der Waals surface area contributed by atoms with Crippen molar-refractivity contribution in [2.75, 3.05) is 25.5 Å². The first-order chi connectivity index (χ1) is 14.5. The Labute approximate surface area is 175 Å². The van der Waals surface area contributed by atoms with Crippen LogP contribution in [-0.2, 0) is 4.79 Å². The fourth-order valence-corrected chi connectivity index (χ4v) is 3.38. The summed E-state index contributed by atoms with van der Waals surface area (Å²) >= 11 is 0. The van der Waals surface area contributed by atoms with E-state index in [1.165, 1.54) is 0 Å². The smallest absolute Gasteiger partial charge is 0.255 e. The third-order valence-corrected chi connectivity index (χ3v) is 4.98. The van der Waals surface area contributed by atoms with Gasteiger partial charge < -0.3 is 20.3 Å². The number of nitrogens with zero attached hydrogens (tertiary/aromatic N) is 1. The standard InChI is InChI=1S/C23H25N3O4/c1-3-14-24-22(28)20-5-4-15-26(20)23(29)17-6-10-18(11-7-17)25-21(27)16-8-12-19(30-2)13-9-16/h3,6-13,20H,1,4-5,14-15H2,2H3,(H,24,28)(H,25,27). The molecule has 156 valence electrons. The molecule has 1 saturated heterocycles. The Morgan fingerprint density at radius 1 is 1.10 bits per heavy atom. The third-order valence-electron chi connectivity index (χ3n) is 4.98. The van der Waals surface area contributed by atoms with Crippen molar-refractivity contribution < 1.29 is 19.1 Å². The number of anilines is 1. The van der Waals surface area contributed by atoms with Crippen LogP contribution in [0, 0.1) is 0 Å². The quantitative estimate of drug-likeness (QED) is 0.691.